The summed E-state index contributed by atoms with van der Waals surface area (Å²) in [6.07, 6.45) is 6.88. The lowest BCUT2D eigenvalue weighted by Crippen LogP contribution is -2.57. The van der Waals surface area contributed by atoms with E-state index in [9.17, 15) is 10.1 Å². The Bertz CT molecular complexity index is 970. The van der Waals surface area contributed by atoms with E-state index < -0.39 is 5.54 Å². The van der Waals surface area contributed by atoms with E-state index in [-0.39, 0.29) is 5.91 Å². The summed E-state index contributed by atoms with van der Waals surface area (Å²) in [4.78, 5) is 24.5. The number of nitrogens with zero attached hydrogens (tertiary/aromatic N) is 4. The van der Waals surface area contributed by atoms with Crippen molar-refractivity contribution < 1.29 is 4.79 Å². The Kier molecular flexibility index (Phi) is 5.98. The molecular formula is C23H30N6O. The van der Waals surface area contributed by atoms with Crippen LogP contribution >= 0.6 is 0 Å². The number of hydrogen-bond donors (Lipinski definition) is 2. The molecule has 3 atom stereocenters. The first-order valence-electron chi connectivity index (χ1n) is 10.9. The number of carbonyl (C=O) groups is 1. The van der Waals surface area contributed by atoms with Gasteiger partial charge in [0, 0.05) is 37.5 Å². The first-order chi connectivity index (χ1) is 14.5. The van der Waals surface area contributed by atoms with Crippen LogP contribution in [0.1, 0.15) is 43.7 Å². The van der Waals surface area contributed by atoms with Crippen LogP contribution in [-0.4, -0.2) is 54.0 Å². The van der Waals surface area contributed by atoms with Crippen molar-refractivity contribution in [2.24, 2.45) is 11.8 Å². The second-order valence-electron chi connectivity index (χ2n) is 9.07. The number of aromatic nitrogens is 2. The quantitative estimate of drug-likeness (QED) is 0.808. The number of amides is 1. The van der Waals surface area contributed by atoms with Crippen molar-refractivity contribution in [3.8, 4) is 6.07 Å². The van der Waals surface area contributed by atoms with E-state index >= 15 is 0 Å². The minimum Gasteiger partial charge on any atom is -0.345 e. The molecule has 1 amide bonds. The van der Waals surface area contributed by atoms with Crippen molar-refractivity contribution in [2.75, 3.05) is 33.2 Å². The van der Waals surface area contributed by atoms with E-state index in [0.717, 1.165) is 44.5 Å². The maximum Gasteiger partial charge on any atom is 0.221 e. The van der Waals surface area contributed by atoms with Gasteiger partial charge in [-0.2, -0.15) is 5.26 Å². The maximum atomic E-state index is 13.2. The van der Waals surface area contributed by atoms with Crippen molar-refractivity contribution in [2.45, 2.75) is 38.1 Å². The molecule has 30 heavy (non-hydrogen) atoms. The summed E-state index contributed by atoms with van der Waals surface area (Å²) in [6.45, 7) is 5.84. The lowest BCUT2D eigenvalue weighted by atomic mass is 9.77. The van der Waals surface area contributed by atoms with Crippen molar-refractivity contribution >= 4 is 16.9 Å². The third-order valence-electron chi connectivity index (χ3n) is 6.45. The van der Waals surface area contributed by atoms with Gasteiger partial charge >= 0.3 is 0 Å². The van der Waals surface area contributed by atoms with Gasteiger partial charge in [-0.15, -0.1) is 0 Å². The second kappa shape index (κ2) is 8.66. The largest absolute Gasteiger partial charge is 0.345 e. The lowest BCUT2D eigenvalue weighted by Gasteiger charge is -2.42. The number of nitrogens with one attached hydrogen (secondary N) is 2. The number of nitriles is 1. The second-order valence-corrected chi connectivity index (χ2v) is 9.07. The van der Waals surface area contributed by atoms with Gasteiger partial charge in [0.05, 0.1) is 16.6 Å². The highest BCUT2D eigenvalue weighted by atomic mass is 16.1. The van der Waals surface area contributed by atoms with Gasteiger partial charge in [-0.1, -0.05) is 13.0 Å². The Balaban J connectivity index is 1.68. The number of rotatable bonds is 4. The average Bonchev–Trinajstić information content (AvgIpc) is 2.72. The first-order valence-corrected chi connectivity index (χ1v) is 10.9. The van der Waals surface area contributed by atoms with Crippen LogP contribution in [0.5, 0.6) is 0 Å². The van der Waals surface area contributed by atoms with Crippen LogP contribution in [0.15, 0.2) is 24.5 Å². The molecule has 2 fully saturated rings. The molecule has 2 aliphatic heterocycles. The van der Waals surface area contributed by atoms with Gasteiger partial charge in [-0.05, 0) is 57.3 Å². The highest BCUT2D eigenvalue weighted by Crippen LogP contribution is 2.35. The Labute approximate surface area is 177 Å². The van der Waals surface area contributed by atoms with Gasteiger partial charge in [-0.25, -0.2) is 0 Å². The van der Waals surface area contributed by atoms with Crippen LogP contribution in [0.25, 0.3) is 11.0 Å². The number of piperidine rings is 2. The van der Waals surface area contributed by atoms with E-state index in [2.05, 4.69) is 45.5 Å². The Morgan fingerprint density at radius 1 is 1.37 bits per heavy atom. The van der Waals surface area contributed by atoms with E-state index in [4.69, 9.17) is 0 Å². The minimum atomic E-state index is -0.558. The molecule has 1 aromatic carbocycles. The summed E-state index contributed by atoms with van der Waals surface area (Å²) < 4.78 is 0. The molecule has 158 valence electrons. The lowest BCUT2D eigenvalue weighted by molar-refractivity contribution is -0.125. The van der Waals surface area contributed by atoms with Crippen LogP contribution in [-0.2, 0) is 10.3 Å². The van der Waals surface area contributed by atoms with Crippen LogP contribution in [0, 0.1) is 23.2 Å². The zero-order chi connectivity index (χ0) is 21.1. The van der Waals surface area contributed by atoms with Crippen LogP contribution in [0.4, 0.5) is 0 Å². The minimum absolute atomic E-state index is 0.0904. The highest BCUT2D eigenvalue weighted by Gasteiger charge is 2.40. The predicted octanol–water partition coefficient (Wildman–Crippen LogP) is 2.17. The molecule has 1 unspecified atom stereocenters. The fraction of sp³-hybridized carbons (Fsp3) is 0.565. The van der Waals surface area contributed by atoms with Gasteiger partial charge in [0.2, 0.25) is 5.91 Å². The van der Waals surface area contributed by atoms with Crippen molar-refractivity contribution in [1.82, 2.24) is 25.5 Å². The molecular weight excluding hydrogens is 376 g/mol. The van der Waals surface area contributed by atoms with Gasteiger partial charge in [-0.3, -0.25) is 14.8 Å². The number of likely N-dealkylation sites (tertiary alicyclic amines) is 1. The van der Waals surface area contributed by atoms with Crippen LogP contribution in [0.2, 0.25) is 0 Å². The van der Waals surface area contributed by atoms with E-state index in [1.54, 1.807) is 18.5 Å². The predicted molar refractivity (Wildman–Crippen MR) is 116 cm³/mol. The molecule has 0 aliphatic carbocycles. The van der Waals surface area contributed by atoms with Gasteiger partial charge in [0.25, 0.3) is 0 Å². The average molecular weight is 407 g/mol. The topological polar surface area (TPSA) is 93.9 Å². The summed E-state index contributed by atoms with van der Waals surface area (Å²) in [6, 6.07) is 5.96. The van der Waals surface area contributed by atoms with Crippen LogP contribution in [0.3, 0.4) is 0 Å². The van der Waals surface area contributed by atoms with Crippen molar-refractivity contribution in [1.29, 1.82) is 5.26 Å². The third-order valence-corrected chi connectivity index (χ3v) is 6.45. The molecule has 0 saturated carbocycles. The fourth-order valence-electron chi connectivity index (χ4n) is 5.19. The standard InChI is InChI=1S/C23H30N6O/c1-16-11-23(15-25-13-16,28-20(30)10-17-4-3-9-29(2)14-17)19-6-5-18(12-24)21-22(19)27-8-7-26-21/h5-8,16-17,25H,3-4,9-11,13-15H2,1-2H3,(H,28,30)/t16-,17?,23-/m0/s1. The third kappa shape index (κ3) is 4.16. The SMILES string of the molecule is C[C@@H]1CNC[C@](NC(=O)CC2CCCN(C)C2)(c2ccc(C#N)c3nccnc23)C1. The number of carbonyl (C=O) groups excluding carboxylic acids is 1. The molecule has 4 rings (SSSR count). The molecule has 0 bridgehead atoms. The molecule has 7 nitrogen and oxygen atoms in total. The molecule has 0 spiro atoms. The summed E-state index contributed by atoms with van der Waals surface area (Å²) in [5.41, 5.74) is 2.18. The van der Waals surface area contributed by atoms with Crippen molar-refractivity contribution in [3.05, 3.63) is 35.7 Å². The monoisotopic (exact) mass is 406 g/mol. The van der Waals surface area contributed by atoms with E-state index in [1.165, 1.54) is 0 Å². The van der Waals surface area contributed by atoms with E-state index in [0.29, 0.717) is 41.4 Å². The van der Waals surface area contributed by atoms with E-state index in [1.807, 2.05) is 6.07 Å². The van der Waals surface area contributed by atoms with Gasteiger partial charge in [0.1, 0.15) is 11.6 Å². The maximum absolute atomic E-state index is 13.2. The molecule has 7 heteroatoms. The fourth-order valence-corrected chi connectivity index (χ4v) is 5.19. The summed E-state index contributed by atoms with van der Waals surface area (Å²) >= 11 is 0. The molecule has 2 aliphatic rings. The van der Waals surface area contributed by atoms with Gasteiger partial charge in [0.15, 0.2) is 0 Å². The Morgan fingerprint density at radius 3 is 2.90 bits per heavy atom. The molecule has 2 N–H and O–H groups in total. The highest BCUT2D eigenvalue weighted by molar-refractivity contribution is 5.86. The zero-order valence-electron chi connectivity index (χ0n) is 17.8. The molecule has 1 aromatic heterocycles. The number of hydrogen-bond acceptors (Lipinski definition) is 6. The number of fused-ring (bicyclic) bond motifs is 1. The summed E-state index contributed by atoms with van der Waals surface area (Å²) in [7, 11) is 2.12. The normalized spacial score (nSPS) is 27.5. The summed E-state index contributed by atoms with van der Waals surface area (Å²) in [5.74, 6) is 0.891. The van der Waals surface area contributed by atoms with Crippen LogP contribution < -0.4 is 10.6 Å². The number of benzene rings is 1. The Hall–Kier alpha value is -2.56. The zero-order valence-corrected chi connectivity index (χ0v) is 17.8. The first kappa shape index (κ1) is 20.7. The smallest absolute Gasteiger partial charge is 0.221 e. The molecule has 0 radical (unpaired) electrons. The molecule has 2 saturated heterocycles. The van der Waals surface area contributed by atoms with Crippen molar-refractivity contribution in [3.63, 3.8) is 0 Å². The molecule has 2 aromatic rings. The summed E-state index contributed by atoms with van der Waals surface area (Å²) in [5, 5.41) is 16.4. The Morgan fingerprint density at radius 2 is 2.17 bits per heavy atom. The van der Waals surface area contributed by atoms with Gasteiger partial charge < -0.3 is 15.5 Å². The molecule has 3 heterocycles.